The van der Waals surface area contributed by atoms with E-state index in [0.717, 1.165) is 31.1 Å². The fourth-order valence-corrected chi connectivity index (χ4v) is 3.89. The molecule has 2 aromatic heterocycles. The molecule has 0 amide bonds. The van der Waals surface area contributed by atoms with E-state index in [-0.39, 0.29) is 5.60 Å². The Balaban J connectivity index is 1.52. The summed E-state index contributed by atoms with van der Waals surface area (Å²) in [7, 11) is 0. The molecule has 0 saturated carbocycles. The van der Waals surface area contributed by atoms with Gasteiger partial charge in [-0.15, -0.1) is 10.2 Å². The van der Waals surface area contributed by atoms with Gasteiger partial charge in [0, 0.05) is 13.1 Å². The van der Waals surface area contributed by atoms with Crippen LogP contribution in [0.1, 0.15) is 12.8 Å². The Bertz CT molecular complexity index is 650. The van der Waals surface area contributed by atoms with E-state index in [4.69, 9.17) is 4.74 Å². The van der Waals surface area contributed by atoms with Gasteiger partial charge in [0.2, 0.25) is 11.1 Å². The van der Waals surface area contributed by atoms with Crippen molar-refractivity contribution in [1.82, 2.24) is 20.2 Å². The maximum Gasteiger partial charge on any atom is 0.225 e. The summed E-state index contributed by atoms with van der Waals surface area (Å²) in [6.07, 6.45) is 4.44. The van der Waals surface area contributed by atoms with Crippen LogP contribution in [0, 0.1) is 5.82 Å². The highest BCUT2D eigenvalue weighted by molar-refractivity contribution is 7.13. The molecule has 9 heteroatoms. The number of piperidine rings is 1. The van der Waals surface area contributed by atoms with Crippen LogP contribution >= 0.6 is 11.3 Å². The molecule has 0 aromatic carbocycles. The number of anilines is 2. The van der Waals surface area contributed by atoms with Crippen molar-refractivity contribution in [3.63, 3.8) is 0 Å². The van der Waals surface area contributed by atoms with E-state index in [0.29, 0.717) is 25.6 Å². The largest absolute Gasteiger partial charge is 0.369 e. The number of hydrogen-bond donors (Lipinski definition) is 0. The second-order valence-electron chi connectivity index (χ2n) is 5.90. The van der Waals surface area contributed by atoms with Gasteiger partial charge in [0.1, 0.15) is 11.1 Å². The highest BCUT2D eigenvalue weighted by Gasteiger charge is 2.41. The second-order valence-corrected chi connectivity index (χ2v) is 6.71. The van der Waals surface area contributed by atoms with Crippen molar-refractivity contribution in [1.29, 1.82) is 0 Å². The van der Waals surface area contributed by atoms with Crippen molar-refractivity contribution >= 4 is 22.4 Å². The summed E-state index contributed by atoms with van der Waals surface area (Å²) >= 11 is 1.54. The molecule has 7 nitrogen and oxygen atoms in total. The van der Waals surface area contributed by atoms with Crippen LogP contribution in [-0.2, 0) is 4.74 Å². The highest BCUT2D eigenvalue weighted by atomic mass is 32.1. The molecule has 0 bridgehead atoms. The molecule has 4 heterocycles. The Labute approximate surface area is 137 Å². The van der Waals surface area contributed by atoms with Gasteiger partial charge >= 0.3 is 0 Å². The van der Waals surface area contributed by atoms with Crippen LogP contribution < -0.4 is 9.80 Å². The van der Waals surface area contributed by atoms with Crippen molar-refractivity contribution in [2.45, 2.75) is 18.4 Å². The monoisotopic (exact) mass is 336 g/mol. The predicted molar refractivity (Wildman–Crippen MR) is 84.2 cm³/mol. The van der Waals surface area contributed by atoms with Gasteiger partial charge in [-0.25, -0.2) is 14.4 Å². The maximum absolute atomic E-state index is 13.0. The third-order valence-electron chi connectivity index (χ3n) is 4.30. The van der Waals surface area contributed by atoms with Crippen LogP contribution in [0.4, 0.5) is 15.5 Å². The molecule has 2 aromatic rings. The number of rotatable bonds is 2. The summed E-state index contributed by atoms with van der Waals surface area (Å²) in [5.41, 5.74) is 1.48. The summed E-state index contributed by atoms with van der Waals surface area (Å²) < 4.78 is 19.2. The van der Waals surface area contributed by atoms with Crippen molar-refractivity contribution in [2.24, 2.45) is 0 Å². The molecule has 0 aliphatic carbocycles. The molecular formula is C14H17FN6OS. The topological polar surface area (TPSA) is 67.3 Å². The molecule has 4 rings (SSSR count). The zero-order valence-corrected chi connectivity index (χ0v) is 13.4. The Hall–Kier alpha value is -1.87. The van der Waals surface area contributed by atoms with Crippen LogP contribution in [0.25, 0.3) is 0 Å². The number of ether oxygens (including phenoxy) is 1. The summed E-state index contributed by atoms with van der Waals surface area (Å²) in [5, 5.41) is 9.02. The van der Waals surface area contributed by atoms with E-state index in [2.05, 4.69) is 30.0 Å². The third kappa shape index (κ3) is 2.98. The van der Waals surface area contributed by atoms with Crippen molar-refractivity contribution in [3.8, 4) is 0 Å². The van der Waals surface area contributed by atoms with Crippen molar-refractivity contribution < 1.29 is 9.13 Å². The van der Waals surface area contributed by atoms with Crippen LogP contribution in [0.3, 0.4) is 0 Å². The first-order valence-corrected chi connectivity index (χ1v) is 8.50. The lowest BCUT2D eigenvalue weighted by molar-refractivity contribution is -0.0633. The quantitative estimate of drug-likeness (QED) is 0.820. The van der Waals surface area contributed by atoms with E-state index in [1.54, 1.807) is 16.8 Å². The first-order chi connectivity index (χ1) is 11.2. The Morgan fingerprint density at radius 1 is 1.17 bits per heavy atom. The molecule has 0 radical (unpaired) electrons. The summed E-state index contributed by atoms with van der Waals surface area (Å²) in [4.78, 5) is 12.5. The molecule has 1 atom stereocenters. The van der Waals surface area contributed by atoms with Gasteiger partial charge in [-0.2, -0.15) is 0 Å². The summed E-state index contributed by atoms with van der Waals surface area (Å²) in [5.74, 6) is 0.138. The van der Waals surface area contributed by atoms with E-state index < -0.39 is 5.82 Å². The number of halogens is 1. The number of aromatic nitrogens is 4. The Kier molecular flexibility index (Phi) is 3.82. The SMILES string of the molecule is Fc1cnc(N2CCOC3(CCCN(c4nncs4)C3)C2)nc1. The van der Waals surface area contributed by atoms with E-state index in [9.17, 15) is 4.39 Å². The molecule has 2 fully saturated rings. The minimum Gasteiger partial charge on any atom is -0.369 e. The average Bonchev–Trinajstić information content (AvgIpc) is 3.10. The molecule has 2 aliphatic rings. The van der Waals surface area contributed by atoms with Crippen molar-refractivity contribution in [2.75, 3.05) is 42.6 Å². The van der Waals surface area contributed by atoms with Gasteiger partial charge < -0.3 is 14.5 Å². The minimum absolute atomic E-state index is 0.264. The predicted octanol–water partition coefficient (Wildman–Crippen LogP) is 1.34. The molecule has 2 aliphatic heterocycles. The fourth-order valence-electron chi connectivity index (χ4n) is 3.30. The van der Waals surface area contributed by atoms with Crippen LogP contribution in [0.2, 0.25) is 0 Å². The molecule has 122 valence electrons. The maximum atomic E-state index is 13.0. The average molecular weight is 336 g/mol. The van der Waals surface area contributed by atoms with E-state index in [1.807, 2.05) is 0 Å². The van der Waals surface area contributed by atoms with Gasteiger partial charge in [0.25, 0.3) is 0 Å². The molecule has 23 heavy (non-hydrogen) atoms. The van der Waals surface area contributed by atoms with Gasteiger partial charge in [0.15, 0.2) is 5.82 Å². The lowest BCUT2D eigenvalue weighted by atomic mass is 9.91. The lowest BCUT2D eigenvalue weighted by Crippen LogP contribution is -2.60. The lowest BCUT2D eigenvalue weighted by Gasteiger charge is -2.47. The van der Waals surface area contributed by atoms with E-state index in [1.165, 1.54) is 12.4 Å². The highest BCUT2D eigenvalue weighted by Crippen LogP contribution is 2.32. The van der Waals surface area contributed by atoms with Crippen molar-refractivity contribution in [3.05, 3.63) is 23.7 Å². The van der Waals surface area contributed by atoms with Gasteiger partial charge in [-0.05, 0) is 12.8 Å². The smallest absolute Gasteiger partial charge is 0.225 e. The van der Waals surface area contributed by atoms with Gasteiger partial charge in [-0.3, -0.25) is 0 Å². The molecule has 1 spiro atoms. The van der Waals surface area contributed by atoms with E-state index >= 15 is 0 Å². The first kappa shape index (κ1) is 14.7. The zero-order chi connectivity index (χ0) is 15.7. The Morgan fingerprint density at radius 3 is 2.78 bits per heavy atom. The number of morpholine rings is 1. The van der Waals surface area contributed by atoms with Gasteiger partial charge in [-0.1, -0.05) is 11.3 Å². The fraction of sp³-hybridized carbons (Fsp3) is 0.571. The van der Waals surface area contributed by atoms with Gasteiger partial charge in [0.05, 0.1) is 32.1 Å². The summed E-state index contributed by atoms with van der Waals surface area (Å²) in [6.45, 7) is 3.78. The molecule has 2 saturated heterocycles. The second kappa shape index (κ2) is 5.97. The number of hydrogen-bond acceptors (Lipinski definition) is 8. The zero-order valence-electron chi connectivity index (χ0n) is 12.6. The number of nitrogens with zero attached hydrogens (tertiary/aromatic N) is 6. The molecule has 0 N–H and O–H groups in total. The normalized spacial score (nSPS) is 25.1. The first-order valence-electron chi connectivity index (χ1n) is 7.62. The molecule has 1 unspecified atom stereocenters. The standard InChI is InChI=1S/C14H17FN6OS/c15-11-6-16-12(17-7-11)20-4-5-22-14(8-20)2-1-3-21(9-14)13-19-18-10-23-13/h6-7,10H,1-5,8-9H2. The minimum atomic E-state index is -0.420. The third-order valence-corrected chi connectivity index (χ3v) is 5.05. The van der Waals surface area contributed by atoms with Crippen LogP contribution in [0.15, 0.2) is 17.9 Å². The molecular weight excluding hydrogens is 319 g/mol. The van der Waals surface area contributed by atoms with Crippen LogP contribution in [-0.4, -0.2) is 58.6 Å². The summed E-state index contributed by atoms with van der Waals surface area (Å²) in [6, 6.07) is 0. The van der Waals surface area contributed by atoms with Crippen LogP contribution in [0.5, 0.6) is 0 Å². The Morgan fingerprint density at radius 2 is 2.00 bits per heavy atom.